The topological polar surface area (TPSA) is 26.7 Å². The summed E-state index contributed by atoms with van der Waals surface area (Å²) >= 11 is 0. The van der Waals surface area contributed by atoms with Crippen molar-refractivity contribution >= 4 is 0 Å². The smallest absolute Gasteiger partial charge is 0.0446 e. The SMILES string of the molecule is CCCCN1CCN(Cc2ccccc2)[C@@H](CCO)C1. The van der Waals surface area contributed by atoms with Crippen molar-refractivity contribution in [2.45, 2.75) is 38.8 Å². The van der Waals surface area contributed by atoms with Crippen LogP contribution in [0.2, 0.25) is 0 Å². The van der Waals surface area contributed by atoms with E-state index in [-0.39, 0.29) is 6.61 Å². The van der Waals surface area contributed by atoms with Gasteiger partial charge in [0.2, 0.25) is 0 Å². The molecule has 3 heteroatoms. The maximum atomic E-state index is 9.32. The van der Waals surface area contributed by atoms with Gasteiger partial charge in [-0.3, -0.25) is 4.90 Å². The van der Waals surface area contributed by atoms with E-state index in [1.807, 2.05) is 0 Å². The van der Waals surface area contributed by atoms with Crippen LogP contribution in [0.5, 0.6) is 0 Å². The molecule has 1 atom stereocenters. The molecule has 1 N–H and O–H groups in total. The number of unbranched alkanes of at least 4 members (excludes halogenated alkanes) is 1. The van der Waals surface area contributed by atoms with Gasteiger partial charge in [0.25, 0.3) is 0 Å². The highest BCUT2D eigenvalue weighted by Crippen LogP contribution is 2.16. The van der Waals surface area contributed by atoms with Gasteiger partial charge in [0.1, 0.15) is 0 Å². The fraction of sp³-hybridized carbons (Fsp3) is 0.647. The van der Waals surface area contributed by atoms with Gasteiger partial charge in [-0.15, -0.1) is 0 Å². The van der Waals surface area contributed by atoms with E-state index in [4.69, 9.17) is 0 Å². The summed E-state index contributed by atoms with van der Waals surface area (Å²) in [6.07, 6.45) is 3.43. The van der Waals surface area contributed by atoms with Gasteiger partial charge in [-0.1, -0.05) is 43.7 Å². The average Bonchev–Trinajstić information content (AvgIpc) is 2.49. The Kier molecular flexibility index (Phi) is 6.51. The normalized spacial score (nSPS) is 21.2. The van der Waals surface area contributed by atoms with E-state index < -0.39 is 0 Å². The number of aliphatic hydroxyl groups excluding tert-OH is 1. The minimum Gasteiger partial charge on any atom is -0.396 e. The lowest BCUT2D eigenvalue weighted by Crippen LogP contribution is -2.53. The van der Waals surface area contributed by atoms with E-state index in [0.29, 0.717) is 6.04 Å². The van der Waals surface area contributed by atoms with E-state index >= 15 is 0 Å². The molecule has 0 aromatic heterocycles. The van der Waals surface area contributed by atoms with Crippen molar-refractivity contribution in [3.8, 4) is 0 Å². The molecule has 1 saturated heterocycles. The van der Waals surface area contributed by atoms with Crippen molar-refractivity contribution in [3.63, 3.8) is 0 Å². The Hall–Kier alpha value is -0.900. The van der Waals surface area contributed by atoms with Crippen LogP contribution in [0.1, 0.15) is 31.7 Å². The molecule has 0 saturated carbocycles. The molecule has 0 radical (unpaired) electrons. The summed E-state index contributed by atoms with van der Waals surface area (Å²) in [5.74, 6) is 0. The van der Waals surface area contributed by atoms with E-state index in [1.165, 1.54) is 24.9 Å². The van der Waals surface area contributed by atoms with Crippen LogP contribution in [0.3, 0.4) is 0 Å². The number of hydrogen-bond donors (Lipinski definition) is 1. The third kappa shape index (κ3) is 4.58. The Balaban J connectivity index is 1.91. The van der Waals surface area contributed by atoms with Crippen LogP contribution in [-0.4, -0.2) is 53.7 Å². The van der Waals surface area contributed by atoms with Crippen molar-refractivity contribution < 1.29 is 5.11 Å². The van der Waals surface area contributed by atoms with Crippen LogP contribution in [0, 0.1) is 0 Å². The number of benzene rings is 1. The largest absolute Gasteiger partial charge is 0.396 e. The summed E-state index contributed by atoms with van der Waals surface area (Å²) in [6, 6.07) is 11.2. The van der Waals surface area contributed by atoms with Crippen LogP contribution < -0.4 is 0 Å². The molecule has 0 amide bonds. The summed E-state index contributed by atoms with van der Waals surface area (Å²) < 4.78 is 0. The molecule has 1 fully saturated rings. The summed E-state index contributed by atoms with van der Waals surface area (Å²) in [5, 5.41) is 9.32. The number of hydrogen-bond acceptors (Lipinski definition) is 3. The minimum absolute atomic E-state index is 0.289. The maximum absolute atomic E-state index is 9.32. The molecular formula is C17H28N2O. The first-order chi connectivity index (χ1) is 9.83. The zero-order chi connectivity index (χ0) is 14.2. The lowest BCUT2D eigenvalue weighted by Gasteiger charge is -2.41. The molecule has 1 aliphatic heterocycles. The number of nitrogens with zero attached hydrogens (tertiary/aromatic N) is 2. The van der Waals surface area contributed by atoms with Crippen molar-refractivity contribution in [2.24, 2.45) is 0 Å². The molecule has 1 aromatic rings. The number of rotatable bonds is 7. The average molecular weight is 276 g/mol. The first kappa shape index (κ1) is 15.5. The molecule has 0 aliphatic carbocycles. The van der Waals surface area contributed by atoms with Crippen LogP contribution in [0.4, 0.5) is 0 Å². The first-order valence-corrected chi connectivity index (χ1v) is 7.94. The van der Waals surface area contributed by atoms with Crippen LogP contribution in [0.15, 0.2) is 30.3 Å². The van der Waals surface area contributed by atoms with Gasteiger partial charge in [-0.05, 0) is 24.9 Å². The molecule has 1 aromatic carbocycles. The minimum atomic E-state index is 0.289. The highest BCUT2D eigenvalue weighted by Gasteiger charge is 2.26. The molecule has 112 valence electrons. The third-order valence-corrected chi connectivity index (χ3v) is 4.21. The van der Waals surface area contributed by atoms with Crippen LogP contribution in [0.25, 0.3) is 0 Å². The lowest BCUT2D eigenvalue weighted by molar-refractivity contribution is 0.0531. The number of aliphatic hydroxyl groups is 1. The predicted octanol–water partition coefficient (Wildman–Crippen LogP) is 2.36. The highest BCUT2D eigenvalue weighted by molar-refractivity contribution is 5.14. The Morgan fingerprint density at radius 3 is 2.70 bits per heavy atom. The Morgan fingerprint density at radius 2 is 2.00 bits per heavy atom. The summed E-state index contributed by atoms with van der Waals surface area (Å²) in [5.41, 5.74) is 1.37. The van der Waals surface area contributed by atoms with Gasteiger partial charge in [0, 0.05) is 38.8 Å². The van der Waals surface area contributed by atoms with Gasteiger partial charge < -0.3 is 10.0 Å². The van der Waals surface area contributed by atoms with Gasteiger partial charge in [-0.25, -0.2) is 0 Å². The summed E-state index contributed by atoms with van der Waals surface area (Å²) in [6.45, 7) is 8.13. The standard InChI is InChI=1S/C17H28N2O/c1-2-3-10-18-11-12-19(17(15-18)9-13-20)14-16-7-5-4-6-8-16/h4-8,17,20H,2-3,9-15H2,1H3/t17-/m0/s1. The summed E-state index contributed by atoms with van der Waals surface area (Å²) in [4.78, 5) is 5.10. The molecule has 2 rings (SSSR count). The van der Waals surface area contributed by atoms with Crippen molar-refractivity contribution in [1.29, 1.82) is 0 Å². The lowest BCUT2D eigenvalue weighted by atomic mass is 10.1. The fourth-order valence-electron chi connectivity index (χ4n) is 2.99. The zero-order valence-electron chi connectivity index (χ0n) is 12.7. The van der Waals surface area contributed by atoms with E-state index in [2.05, 4.69) is 47.1 Å². The second-order valence-electron chi connectivity index (χ2n) is 5.78. The molecule has 0 spiro atoms. The van der Waals surface area contributed by atoms with E-state index in [1.54, 1.807) is 0 Å². The molecule has 20 heavy (non-hydrogen) atoms. The molecule has 0 bridgehead atoms. The number of piperazine rings is 1. The summed E-state index contributed by atoms with van der Waals surface area (Å²) in [7, 11) is 0. The Morgan fingerprint density at radius 1 is 1.20 bits per heavy atom. The molecule has 1 heterocycles. The Labute approximate surface area is 123 Å². The van der Waals surface area contributed by atoms with Crippen LogP contribution >= 0.6 is 0 Å². The molecule has 3 nitrogen and oxygen atoms in total. The molecule has 0 unspecified atom stereocenters. The van der Waals surface area contributed by atoms with E-state index in [9.17, 15) is 5.11 Å². The van der Waals surface area contributed by atoms with E-state index in [0.717, 1.165) is 32.6 Å². The van der Waals surface area contributed by atoms with Crippen LogP contribution in [-0.2, 0) is 6.54 Å². The predicted molar refractivity (Wildman–Crippen MR) is 83.7 cm³/mol. The second-order valence-corrected chi connectivity index (χ2v) is 5.78. The highest BCUT2D eigenvalue weighted by atomic mass is 16.3. The van der Waals surface area contributed by atoms with Gasteiger partial charge in [0.05, 0.1) is 0 Å². The van der Waals surface area contributed by atoms with Gasteiger partial charge in [0.15, 0.2) is 0 Å². The molecule has 1 aliphatic rings. The third-order valence-electron chi connectivity index (χ3n) is 4.21. The van der Waals surface area contributed by atoms with Crippen molar-refractivity contribution in [3.05, 3.63) is 35.9 Å². The van der Waals surface area contributed by atoms with Gasteiger partial charge in [-0.2, -0.15) is 0 Å². The Bertz CT molecular complexity index is 369. The van der Waals surface area contributed by atoms with Crippen molar-refractivity contribution in [2.75, 3.05) is 32.8 Å². The fourth-order valence-corrected chi connectivity index (χ4v) is 2.99. The zero-order valence-corrected chi connectivity index (χ0v) is 12.7. The van der Waals surface area contributed by atoms with Gasteiger partial charge >= 0.3 is 0 Å². The maximum Gasteiger partial charge on any atom is 0.0446 e. The van der Waals surface area contributed by atoms with Crippen molar-refractivity contribution in [1.82, 2.24) is 9.80 Å². The monoisotopic (exact) mass is 276 g/mol. The second kappa shape index (κ2) is 8.40. The molecular weight excluding hydrogens is 248 g/mol. The quantitative estimate of drug-likeness (QED) is 0.828. The first-order valence-electron chi connectivity index (χ1n) is 7.94.